The van der Waals surface area contributed by atoms with Crippen LogP contribution in [0.1, 0.15) is 35.9 Å². The molecule has 1 saturated heterocycles. The van der Waals surface area contributed by atoms with Crippen molar-refractivity contribution in [2.24, 2.45) is 0 Å². The second-order valence-corrected chi connectivity index (χ2v) is 7.80. The van der Waals surface area contributed by atoms with E-state index in [9.17, 15) is 18.0 Å². The maximum Gasteiger partial charge on any atom is 0.411 e. The smallest absolute Gasteiger partial charge is 0.308 e. The standard InChI is InChI=1S/C20H23F3N4O/c1-13-4-5-16-14(10-13)15-12-25(2)9-6-17(15)27(16)19(28)11-18(20(21,22)23)26-8-3-7-24-26/h3-5,7-8,10,15,17-18H,6,9,11-12H2,1-2H3/t15?,17?,18-/m1/s1. The summed E-state index contributed by atoms with van der Waals surface area (Å²) >= 11 is 0. The summed E-state index contributed by atoms with van der Waals surface area (Å²) in [7, 11) is 2.04. The Bertz CT molecular complexity index is 865. The van der Waals surface area contributed by atoms with E-state index in [-0.39, 0.29) is 12.0 Å². The number of likely N-dealkylation sites (N-methyl/N-ethyl adjacent to an activating group) is 1. The van der Waals surface area contributed by atoms with Gasteiger partial charge in [0, 0.05) is 36.6 Å². The number of benzene rings is 1. The minimum atomic E-state index is -4.55. The summed E-state index contributed by atoms with van der Waals surface area (Å²) in [6.07, 6.45) is -1.91. The molecule has 3 atom stereocenters. The molecule has 1 aromatic carbocycles. The molecule has 2 aliphatic rings. The number of aryl methyl sites for hydroxylation is 1. The first kappa shape index (κ1) is 19.0. The van der Waals surface area contributed by atoms with Crippen LogP contribution in [-0.2, 0) is 4.79 Å². The molecule has 8 heteroatoms. The Balaban J connectivity index is 1.67. The number of carbonyl (C=O) groups excluding carboxylic acids is 1. The van der Waals surface area contributed by atoms with Gasteiger partial charge in [0.1, 0.15) is 0 Å². The SMILES string of the molecule is Cc1ccc2c(c1)C1CN(C)CCC1N2C(=O)C[C@@H](n1cccn1)C(F)(F)F. The molecule has 2 unspecified atom stereocenters. The van der Waals surface area contributed by atoms with Crippen molar-refractivity contribution in [3.05, 3.63) is 47.8 Å². The average Bonchev–Trinajstić information content (AvgIpc) is 3.24. The zero-order valence-corrected chi connectivity index (χ0v) is 15.9. The summed E-state index contributed by atoms with van der Waals surface area (Å²) in [5.74, 6) is -0.369. The van der Waals surface area contributed by atoms with E-state index in [4.69, 9.17) is 0 Å². The molecular weight excluding hydrogens is 369 g/mol. The van der Waals surface area contributed by atoms with Gasteiger partial charge in [0.05, 0.1) is 6.42 Å². The van der Waals surface area contributed by atoms with Crippen molar-refractivity contribution in [3.8, 4) is 0 Å². The van der Waals surface area contributed by atoms with Gasteiger partial charge in [0.25, 0.3) is 0 Å². The van der Waals surface area contributed by atoms with Crippen LogP contribution in [0.4, 0.5) is 18.9 Å². The van der Waals surface area contributed by atoms with Crippen LogP contribution in [-0.4, -0.2) is 52.9 Å². The summed E-state index contributed by atoms with van der Waals surface area (Å²) in [5, 5.41) is 3.73. The van der Waals surface area contributed by atoms with E-state index in [0.717, 1.165) is 41.0 Å². The first-order valence-corrected chi connectivity index (χ1v) is 9.42. The van der Waals surface area contributed by atoms with Gasteiger partial charge in [0.15, 0.2) is 6.04 Å². The number of hydrogen-bond acceptors (Lipinski definition) is 3. The molecule has 5 nitrogen and oxygen atoms in total. The molecule has 2 aliphatic heterocycles. The topological polar surface area (TPSA) is 41.4 Å². The van der Waals surface area contributed by atoms with Gasteiger partial charge in [-0.2, -0.15) is 18.3 Å². The second kappa shape index (κ2) is 6.92. The van der Waals surface area contributed by atoms with Gasteiger partial charge >= 0.3 is 6.18 Å². The van der Waals surface area contributed by atoms with E-state index in [1.54, 1.807) is 4.90 Å². The third kappa shape index (κ3) is 3.30. The van der Waals surface area contributed by atoms with Gasteiger partial charge in [-0.15, -0.1) is 0 Å². The molecule has 0 radical (unpaired) electrons. The van der Waals surface area contributed by atoms with Gasteiger partial charge in [-0.1, -0.05) is 17.7 Å². The van der Waals surface area contributed by atoms with Crippen molar-refractivity contribution in [2.45, 2.75) is 43.9 Å². The van der Waals surface area contributed by atoms with E-state index in [2.05, 4.69) is 16.1 Å². The Kier molecular flexibility index (Phi) is 4.69. The molecule has 4 rings (SSSR count). The van der Waals surface area contributed by atoms with Crippen molar-refractivity contribution >= 4 is 11.6 Å². The fourth-order valence-corrected chi connectivity index (χ4v) is 4.49. The van der Waals surface area contributed by atoms with E-state index in [1.165, 1.54) is 18.5 Å². The van der Waals surface area contributed by atoms with Crippen LogP contribution in [0.15, 0.2) is 36.7 Å². The number of piperidine rings is 1. The Hall–Kier alpha value is -2.35. The molecule has 0 bridgehead atoms. The minimum Gasteiger partial charge on any atom is -0.308 e. The highest BCUT2D eigenvalue weighted by molar-refractivity contribution is 5.97. The fraction of sp³-hybridized carbons (Fsp3) is 0.500. The fourth-order valence-electron chi connectivity index (χ4n) is 4.49. The molecule has 1 amide bonds. The predicted octanol–water partition coefficient (Wildman–Crippen LogP) is 3.52. The number of hydrogen-bond donors (Lipinski definition) is 0. The van der Waals surface area contributed by atoms with Gasteiger partial charge in [0.2, 0.25) is 5.91 Å². The molecule has 0 N–H and O–H groups in total. The lowest BCUT2D eigenvalue weighted by Crippen LogP contribution is -2.48. The minimum absolute atomic E-state index is 0.0907. The number of aromatic nitrogens is 2. The van der Waals surface area contributed by atoms with Crippen molar-refractivity contribution in [1.29, 1.82) is 0 Å². The van der Waals surface area contributed by atoms with Crippen molar-refractivity contribution in [1.82, 2.24) is 14.7 Å². The number of carbonyl (C=O) groups is 1. The largest absolute Gasteiger partial charge is 0.411 e. The van der Waals surface area contributed by atoms with Gasteiger partial charge in [-0.25, -0.2) is 0 Å². The molecule has 3 heterocycles. The van der Waals surface area contributed by atoms with Crippen LogP contribution in [0.5, 0.6) is 0 Å². The summed E-state index contributed by atoms with van der Waals surface area (Å²) in [5.41, 5.74) is 2.90. The average molecular weight is 392 g/mol. The van der Waals surface area contributed by atoms with Crippen LogP contribution in [0.3, 0.4) is 0 Å². The monoisotopic (exact) mass is 392 g/mol. The van der Waals surface area contributed by atoms with Crippen LogP contribution in [0.2, 0.25) is 0 Å². The first-order valence-electron chi connectivity index (χ1n) is 9.42. The molecule has 1 aromatic heterocycles. The number of likely N-dealkylation sites (tertiary alicyclic amines) is 1. The maximum absolute atomic E-state index is 13.6. The van der Waals surface area contributed by atoms with Crippen LogP contribution < -0.4 is 4.90 Å². The lowest BCUT2D eigenvalue weighted by atomic mass is 9.89. The van der Waals surface area contributed by atoms with Gasteiger partial charge in [-0.05, 0) is 44.6 Å². The number of amides is 1. The summed E-state index contributed by atoms with van der Waals surface area (Å²) in [6, 6.07) is 5.23. The van der Waals surface area contributed by atoms with Crippen molar-refractivity contribution in [2.75, 3.05) is 25.0 Å². The lowest BCUT2D eigenvalue weighted by molar-refractivity contribution is -0.174. The number of halogens is 3. The van der Waals surface area contributed by atoms with E-state index >= 15 is 0 Å². The third-order valence-electron chi connectivity index (χ3n) is 5.81. The third-order valence-corrected chi connectivity index (χ3v) is 5.81. The van der Waals surface area contributed by atoms with Crippen LogP contribution in [0.25, 0.3) is 0 Å². The first-order chi connectivity index (χ1) is 13.3. The zero-order valence-electron chi connectivity index (χ0n) is 15.9. The van der Waals surface area contributed by atoms with Crippen LogP contribution >= 0.6 is 0 Å². The molecule has 2 aromatic rings. The van der Waals surface area contributed by atoms with Crippen molar-refractivity contribution < 1.29 is 18.0 Å². The summed E-state index contributed by atoms with van der Waals surface area (Å²) < 4.78 is 41.7. The summed E-state index contributed by atoms with van der Waals surface area (Å²) in [4.78, 5) is 17.0. The number of rotatable bonds is 3. The zero-order chi connectivity index (χ0) is 20.1. The highest BCUT2D eigenvalue weighted by Gasteiger charge is 2.48. The molecular formula is C20H23F3N4O. The highest BCUT2D eigenvalue weighted by atomic mass is 19.4. The quantitative estimate of drug-likeness (QED) is 0.803. The maximum atomic E-state index is 13.6. The van der Waals surface area contributed by atoms with E-state index in [0.29, 0.717) is 0 Å². The lowest BCUT2D eigenvalue weighted by Gasteiger charge is -2.37. The molecule has 0 saturated carbocycles. The van der Waals surface area contributed by atoms with E-state index in [1.807, 2.05) is 26.1 Å². The van der Waals surface area contributed by atoms with E-state index < -0.39 is 24.5 Å². The molecule has 0 spiro atoms. The normalized spacial score (nSPS) is 23.4. The number of nitrogens with zero attached hydrogens (tertiary/aromatic N) is 4. The Labute approximate surface area is 161 Å². The van der Waals surface area contributed by atoms with Gasteiger partial charge < -0.3 is 9.80 Å². The molecule has 0 aliphatic carbocycles. The highest BCUT2D eigenvalue weighted by Crippen LogP contribution is 2.46. The molecule has 1 fully saturated rings. The number of alkyl halides is 3. The second-order valence-electron chi connectivity index (χ2n) is 7.80. The Morgan fingerprint density at radius 3 is 2.82 bits per heavy atom. The Morgan fingerprint density at radius 2 is 2.14 bits per heavy atom. The van der Waals surface area contributed by atoms with Crippen molar-refractivity contribution in [3.63, 3.8) is 0 Å². The number of anilines is 1. The summed E-state index contributed by atoms with van der Waals surface area (Å²) in [6.45, 7) is 3.61. The predicted molar refractivity (Wildman–Crippen MR) is 99.2 cm³/mol. The number of fused-ring (bicyclic) bond motifs is 3. The van der Waals surface area contributed by atoms with Crippen LogP contribution in [0, 0.1) is 6.92 Å². The molecule has 28 heavy (non-hydrogen) atoms. The molecule has 150 valence electrons. The van der Waals surface area contributed by atoms with Gasteiger partial charge in [-0.3, -0.25) is 9.48 Å². The Morgan fingerprint density at radius 1 is 1.36 bits per heavy atom.